The maximum absolute atomic E-state index is 13.2. The van der Waals surface area contributed by atoms with Crippen LogP contribution in [0, 0.1) is 5.92 Å². The van der Waals surface area contributed by atoms with Gasteiger partial charge >= 0.3 is 11.9 Å². The maximum Gasteiger partial charge on any atom is 0.416 e. The monoisotopic (exact) mass is 410 g/mol. The molecule has 8 nitrogen and oxygen atoms in total. The number of aromatic nitrogens is 4. The smallest absolute Gasteiger partial charge is 0.416 e. The summed E-state index contributed by atoms with van der Waals surface area (Å²) < 4.78 is 46.1. The average Bonchev–Trinajstić information content (AvgIpc) is 3.47. The predicted octanol–water partition coefficient (Wildman–Crippen LogP) is 2.07. The summed E-state index contributed by atoms with van der Waals surface area (Å²) in [5.41, 5.74) is -2.92. The molecule has 11 heteroatoms. The molecule has 0 radical (unpaired) electrons. The lowest BCUT2D eigenvalue weighted by Crippen LogP contribution is -2.25. The topological polar surface area (TPSA) is 96.1 Å². The summed E-state index contributed by atoms with van der Waals surface area (Å²) in [6.07, 6.45) is -2.45. The maximum atomic E-state index is 13.2. The third-order valence-electron chi connectivity index (χ3n) is 4.35. The van der Waals surface area contributed by atoms with Crippen molar-refractivity contribution in [1.29, 1.82) is 0 Å². The van der Waals surface area contributed by atoms with Crippen molar-refractivity contribution in [2.24, 2.45) is 13.0 Å². The summed E-state index contributed by atoms with van der Waals surface area (Å²) >= 11 is 0. The second-order valence-electron chi connectivity index (χ2n) is 6.48. The lowest BCUT2D eigenvalue weighted by molar-refractivity contribution is -0.137. The number of tetrazole rings is 1. The summed E-state index contributed by atoms with van der Waals surface area (Å²) in [6, 6.07) is 2.25. The van der Waals surface area contributed by atoms with E-state index in [1.165, 1.54) is 7.05 Å². The molecule has 0 unspecified atom stereocenters. The highest BCUT2D eigenvalue weighted by atomic mass is 19.4. The van der Waals surface area contributed by atoms with Crippen molar-refractivity contribution >= 4 is 11.6 Å². The van der Waals surface area contributed by atoms with E-state index in [9.17, 15) is 27.6 Å². The number of alkyl halides is 3. The number of ether oxygens (including phenoxy) is 1. The molecule has 29 heavy (non-hydrogen) atoms. The molecule has 154 valence electrons. The Morgan fingerprint density at radius 1 is 1.28 bits per heavy atom. The molecule has 1 aromatic heterocycles. The minimum Gasteiger partial charge on any atom is -0.501 e. The molecule has 0 bridgehead atoms. The van der Waals surface area contributed by atoms with Crippen LogP contribution in [-0.2, 0) is 22.8 Å². The van der Waals surface area contributed by atoms with Crippen molar-refractivity contribution in [3.63, 3.8) is 0 Å². The van der Waals surface area contributed by atoms with Crippen molar-refractivity contribution in [3.05, 3.63) is 51.6 Å². The molecule has 3 rings (SSSR count). The van der Waals surface area contributed by atoms with Crippen LogP contribution in [-0.4, -0.2) is 38.0 Å². The van der Waals surface area contributed by atoms with E-state index in [4.69, 9.17) is 4.74 Å². The lowest BCUT2D eigenvalue weighted by atomic mass is 9.96. The molecule has 0 spiro atoms. The zero-order valence-corrected chi connectivity index (χ0v) is 15.6. The van der Waals surface area contributed by atoms with Crippen LogP contribution in [0.4, 0.5) is 13.2 Å². The number of benzene rings is 1. The van der Waals surface area contributed by atoms with E-state index in [-0.39, 0.29) is 23.7 Å². The molecule has 0 N–H and O–H groups in total. The molecule has 1 aliphatic carbocycles. The van der Waals surface area contributed by atoms with Crippen molar-refractivity contribution in [1.82, 2.24) is 19.8 Å². The summed E-state index contributed by atoms with van der Waals surface area (Å²) in [5.74, 6) is -1.61. The second-order valence-corrected chi connectivity index (χ2v) is 6.48. The second kappa shape index (κ2) is 7.64. The van der Waals surface area contributed by atoms with E-state index >= 15 is 0 Å². The normalized spacial score (nSPS) is 14.7. The predicted molar refractivity (Wildman–Crippen MR) is 93.4 cm³/mol. The summed E-state index contributed by atoms with van der Waals surface area (Å²) in [6.45, 7) is 1.85. The number of Topliss-reactive ketones (excluding diaryl/α,β-unsaturated/α-hetero) is 2. The number of carbonyl (C=O) groups excluding carboxylic acids is 2. The van der Waals surface area contributed by atoms with Gasteiger partial charge in [0.1, 0.15) is 5.57 Å². The quantitative estimate of drug-likeness (QED) is 0.228. The third-order valence-corrected chi connectivity index (χ3v) is 4.35. The van der Waals surface area contributed by atoms with Gasteiger partial charge in [-0.25, -0.2) is 4.79 Å². The average molecular weight is 410 g/mol. The third kappa shape index (κ3) is 4.13. The Hall–Kier alpha value is -3.24. The fourth-order valence-corrected chi connectivity index (χ4v) is 2.64. The molecule has 0 saturated heterocycles. The first-order chi connectivity index (χ1) is 13.6. The van der Waals surface area contributed by atoms with Gasteiger partial charge in [-0.1, -0.05) is 0 Å². The van der Waals surface area contributed by atoms with Gasteiger partial charge in [-0.2, -0.15) is 22.5 Å². The van der Waals surface area contributed by atoms with Crippen molar-refractivity contribution in [2.75, 3.05) is 6.61 Å². The first-order valence-corrected chi connectivity index (χ1v) is 8.76. The Bertz CT molecular complexity index is 1050. The Morgan fingerprint density at radius 2 is 1.97 bits per heavy atom. The van der Waals surface area contributed by atoms with Gasteiger partial charge in [0.05, 0.1) is 24.1 Å². The fraction of sp³-hybridized carbons (Fsp3) is 0.389. The number of aryl methyl sites for hydroxylation is 1. The first-order valence-electron chi connectivity index (χ1n) is 8.76. The number of nitrogens with zero attached hydrogens (tertiary/aromatic N) is 4. The zero-order chi connectivity index (χ0) is 21.3. The summed E-state index contributed by atoms with van der Waals surface area (Å²) in [4.78, 5) is 37.8. The number of carbonyl (C=O) groups is 2. The Kier molecular flexibility index (Phi) is 5.40. The molecule has 0 amide bonds. The molecule has 1 heterocycles. The van der Waals surface area contributed by atoms with Crippen molar-refractivity contribution in [2.45, 2.75) is 25.9 Å². The van der Waals surface area contributed by atoms with Crippen LogP contribution in [0.15, 0.2) is 34.8 Å². The van der Waals surface area contributed by atoms with Gasteiger partial charge in [0.15, 0.2) is 5.78 Å². The SMILES string of the molecule is CCOC=C(C(=O)c1ccc(C(F)(F)F)cc1-n1nnn(C)c1=O)C(=O)C1CC1. The highest BCUT2D eigenvalue weighted by molar-refractivity contribution is 6.28. The number of allylic oxidation sites excluding steroid dienone is 1. The number of rotatable bonds is 7. The van der Waals surface area contributed by atoms with Gasteiger partial charge in [-0.15, -0.1) is 0 Å². The fourth-order valence-electron chi connectivity index (χ4n) is 2.64. The number of hydrogen-bond donors (Lipinski definition) is 0. The Balaban J connectivity index is 2.16. The van der Waals surface area contributed by atoms with Gasteiger partial charge in [0.2, 0.25) is 5.78 Å². The van der Waals surface area contributed by atoms with E-state index in [1.54, 1.807) is 6.92 Å². The van der Waals surface area contributed by atoms with Crippen LogP contribution in [0.3, 0.4) is 0 Å². The minimum absolute atomic E-state index is 0.193. The van der Waals surface area contributed by atoms with Gasteiger partial charge < -0.3 is 4.74 Å². The molecular formula is C18H17F3N4O4. The first kappa shape index (κ1) is 20.5. The van der Waals surface area contributed by atoms with Crippen LogP contribution in [0.2, 0.25) is 0 Å². The van der Waals surface area contributed by atoms with E-state index in [1.807, 2.05) is 0 Å². The van der Waals surface area contributed by atoms with Crippen molar-refractivity contribution in [3.8, 4) is 5.69 Å². The molecule has 0 atom stereocenters. The van der Waals surface area contributed by atoms with Crippen LogP contribution in [0.5, 0.6) is 0 Å². The highest BCUT2D eigenvalue weighted by Crippen LogP contribution is 2.35. The molecule has 1 saturated carbocycles. The van der Waals surface area contributed by atoms with E-state index < -0.39 is 34.7 Å². The summed E-state index contributed by atoms with van der Waals surface area (Å²) in [5, 5.41) is 7.00. The Morgan fingerprint density at radius 3 is 2.48 bits per heavy atom. The standard InChI is InChI=1S/C18H17F3N4O4/c1-3-29-9-13(15(26)10-4-5-10)16(27)12-7-6-11(18(19,20)21)8-14(12)25-17(28)24(2)22-23-25/h6-10H,3-5H2,1-2H3. The van der Waals surface area contributed by atoms with E-state index in [0.29, 0.717) is 29.7 Å². The lowest BCUT2D eigenvalue weighted by Gasteiger charge is -2.13. The molecular weight excluding hydrogens is 393 g/mol. The zero-order valence-electron chi connectivity index (χ0n) is 15.6. The van der Waals surface area contributed by atoms with Crippen LogP contribution >= 0.6 is 0 Å². The summed E-state index contributed by atoms with van der Waals surface area (Å²) in [7, 11) is 1.26. The number of hydrogen-bond acceptors (Lipinski definition) is 6. The molecule has 1 fully saturated rings. The molecule has 0 aliphatic heterocycles. The Labute approximate surface area is 162 Å². The van der Waals surface area contributed by atoms with Crippen LogP contribution in [0.25, 0.3) is 5.69 Å². The highest BCUT2D eigenvalue weighted by Gasteiger charge is 2.37. The van der Waals surface area contributed by atoms with E-state index in [0.717, 1.165) is 17.0 Å². The number of ketones is 2. The minimum atomic E-state index is -4.71. The molecule has 2 aromatic rings. The van der Waals surface area contributed by atoms with Crippen molar-refractivity contribution < 1.29 is 27.5 Å². The van der Waals surface area contributed by atoms with Gasteiger partial charge in [-0.05, 0) is 48.4 Å². The van der Waals surface area contributed by atoms with Gasteiger partial charge in [0.25, 0.3) is 0 Å². The van der Waals surface area contributed by atoms with Gasteiger partial charge in [0, 0.05) is 18.5 Å². The van der Waals surface area contributed by atoms with Gasteiger partial charge in [-0.3, -0.25) is 9.59 Å². The van der Waals surface area contributed by atoms with E-state index in [2.05, 4.69) is 10.4 Å². The number of halogens is 3. The van der Waals surface area contributed by atoms with Crippen LogP contribution in [0.1, 0.15) is 35.7 Å². The largest absolute Gasteiger partial charge is 0.501 e. The molecule has 1 aliphatic rings. The molecule has 1 aromatic carbocycles. The van der Waals surface area contributed by atoms with Crippen LogP contribution < -0.4 is 5.69 Å².